The van der Waals surface area contributed by atoms with Crippen molar-refractivity contribution in [2.75, 3.05) is 31.1 Å². The molecule has 1 atom stereocenters. The number of halogens is 1. The monoisotopic (exact) mass is 526 g/mol. The van der Waals surface area contributed by atoms with Crippen LogP contribution in [0.3, 0.4) is 0 Å². The molecule has 0 bridgehead atoms. The van der Waals surface area contributed by atoms with Crippen LogP contribution in [0.2, 0.25) is 5.02 Å². The van der Waals surface area contributed by atoms with Crippen molar-refractivity contribution in [1.29, 1.82) is 0 Å². The van der Waals surface area contributed by atoms with E-state index < -0.39 is 10.0 Å². The van der Waals surface area contributed by atoms with Crippen molar-refractivity contribution in [2.24, 2.45) is 5.92 Å². The minimum Gasteiger partial charge on any atom is -0.356 e. The molecule has 5 rings (SSSR count). The highest BCUT2D eigenvalue weighted by molar-refractivity contribution is 7.89. The molecule has 0 radical (unpaired) electrons. The lowest BCUT2D eigenvalue weighted by atomic mass is 9.97. The van der Waals surface area contributed by atoms with Gasteiger partial charge in [-0.2, -0.15) is 4.31 Å². The normalized spacial score (nSPS) is 19.4. The summed E-state index contributed by atoms with van der Waals surface area (Å²) in [7, 11) is -3.48. The van der Waals surface area contributed by atoms with Gasteiger partial charge in [-0.05, 0) is 73.7 Å². The van der Waals surface area contributed by atoms with Crippen LogP contribution < -0.4 is 10.2 Å². The van der Waals surface area contributed by atoms with Gasteiger partial charge in [0.1, 0.15) is 5.82 Å². The van der Waals surface area contributed by atoms with Gasteiger partial charge in [0, 0.05) is 43.1 Å². The molecule has 0 spiro atoms. The number of fused-ring (bicyclic) bond motifs is 1. The maximum Gasteiger partial charge on any atom is 0.243 e. The van der Waals surface area contributed by atoms with Crippen LogP contribution in [0.25, 0.3) is 10.9 Å². The van der Waals surface area contributed by atoms with E-state index in [0.717, 1.165) is 60.9 Å². The van der Waals surface area contributed by atoms with Crippen molar-refractivity contribution in [3.63, 3.8) is 0 Å². The highest BCUT2D eigenvalue weighted by Gasteiger charge is 2.28. The van der Waals surface area contributed by atoms with E-state index in [0.29, 0.717) is 36.1 Å². The number of amides is 1. The van der Waals surface area contributed by atoms with Crippen molar-refractivity contribution in [2.45, 2.75) is 43.5 Å². The number of hydrogen-bond donors (Lipinski definition) is 1. The zero-order valence-electron chi connectivity index (χ0n) is 20.2. The largest absolute Gasteiger partial charge is 0.356 e. The standard InChI is InChI=1S/C27H31ClN4O3S/c28-23-9-6-20(7-10-23)18-29-27(33)22-5-4-14-31(19-22)26-13-8-21-17-24(11-12-25(21)30-26)36(34,35)32-15-2-1-3-16-32/h6-13,17,22H,1-5,14-16,18-19H2,(H,29,33)/t22-/m1/s1. The number of aromatic nitrogens is 1. The molecule has 3 aromatic rings. The summed E-state index contributed by atoms with van der Waals surface area (Å²) in [6.07, 6.45) is 4.65. The SMILES string of the molecule is O=C(NCc1ccc(Cl)cc1)[C@@H]1CCCN(c2ccc3cc(S(=O)(=O)N4CCCCC4)ccc3n2)C1. The minimum absolute atomic E-state index is 0.0444. The molecule has 7 nitrogen and oxygen atoms in total. The Balaban J connectivity index is 1.26. The van der Waals surface area contributed by atoms with E-state index in [2.05, 4.69) is 10.2 Å². The van der Waals surface area contributed by atoms with Gasteiger partial charge in [-0.1, -0.05) is 30.2 Å². The predicted molar refractivity (Wildman–Crippen MR) is 143 cm³/mol. The summed E-state index contributed by atoms with van der Waals surface area (Å²) in [6, 6.07) is 16.5. The van der Waals surface area contributed by atoms with Crippen molar-refractivity contribution >= 4 is 44.3 Å². The first kappa shape index (κ1) is 25.0. The molecule has 190 valence electrons. The first-order valence-electron chi connectivity index (χ1n) is 12.6. The summed E-state index contributed by atoms with van der Waals surface area (Å²) in [5.41, 5.74) is 1.76. The molecular formula is C27H31ClN4O3S. The molecule has 2 aliphatic heterocycles. The van der Waals surface area contributed by atoms with Crippen molar-refractivity contribution in [1.82, 2.24) is 14.6 Å². The fourth-order valence-electron chi connectivity index (χ4n) is 5.02. The first-order valence-corrected chi connectivity index (χ1v) is 14.4. The third-order valence-corrected chi connectivity index (χ3v) is 9.24. The Hall–Kier alpha value is -2.68. The number of hydrogen-bond acceptors (Lipinski definition) is 5. The summed E-state index contributed by atoms with van der Waals surface area (Å²) in [4.78, 5) is 20.1. The van der Waals surface area contributed by atoms with Gasteiger partial charge in [0.15, 0.2) is 0 Å². The number of nitrogens with one attached hydrogen (secondary N) is 1. The van der Waals surface area contributed by atoms with E-state index >= 15 is 0 Å². The van der Waals surface area contributed by atoms with Gasteiger partial charge >= 0.3 is 0 Å². The Kier molecular flexibility index (Phi) is 7.46. The first-order chi connectivity index (χ1) is 17.4. The summed E-state index contributed by atoms with van der Waals surface area (Å²) in [5.74, 6) is 0.743. The zero-order chi connectivity index (χ0) is 25.1. The minimum atomic E-state index is -3.48. The smallest absolute Gasteiger partial charge is 0.243 e. The molecule has 2 aromatic carbocycles. The van der Waals surface area contributed by atoms with E-state index in [1.807, 2.05) is 36.4 Å². The lowest BCUT2D eigenvalue weighted by molar-refractivity contribution is -0.125. The molecule has 36 heavy (non-hydrogen) atoms. The predicted octanol–water partition coefficient (Wildman–Crippen LogP) is 4.60. The van der Waals surface area contributed by atoms with Crippen molar-refractivity contribution in [3.8, 4) is 0 Å². The van der Waals surface area contributed by atoms with Crippen LogP contribution in [0.4, 0.5) is 5.82 Å². The van der Waals surface area contributed by atoms with Crippen LogP contribution in [0.15, 0.2) is 59.5 Å². The Morgan fingerprint density at radius 1 is 0.972 bits per heavy atom. The molecule has 0 unspecified atom stereocenters. The van der Waals surface area contributed by atoms with Crippen molar-refractivity contribution in [3.05, 3.63) is 65.2 Å². The summed E-state index contributed by atoms with van der Waals surface area (Å²) < 4.78 is 27.7. The zero-order valence-corrected chi connectivity index (χ0v) is 21.8. The van der Waals surface area contributed by atoms with Gasteiger partial charge in [0.2, 0.25) is 15.9 Å². The fraction of sp³-hybridized carbons (Fsp3) is 0.407. The van der Waals surface area contributed by atoms with Gasteiger partial charge in [0.25, 0.3) is 0 Å². The lowest BCUT2D eigenvalue weighted by Gasteiger charge is -2.33. The number of carbonyl (C=O) groups is 1. The molecule has 2 fully saturated rings. The number of anilines is 1. The quantitative estimate of drug-likeness (QED) is 0.507. The van der Waals surface area contributed by atoms with E-state index in [1.54, 1.807) is 22.5 Å². The molecular weight excluding hydrogens is 496 g/mol. The van der Waals surface area contributed by atoms with Crippen molar-refractivity contribution < 1.29 is 13.2 Å². The average molecular weight is 527 g/mol. The molecule has 3 heterocycles. The number of pyridine rings is 1. The number of piperidine rings is 2. The second-order valence-corrected chi connectivity index (χ2v) is 12.0. The molecule has 2 saturated heterocycles. The van der Waals surface area contributed by atoms with Crippen LogP contribution in [0.5, 0.6) is 0 Å². The summed E-state index contributed by atoms with van der Waals surface area (Å²) >= 11 is 5.94. The molecule has 9 heteroatoms. The van der Waals surface area contributed by atoms with Crippen LogP contribution in [0, 0.1) is 5.92 Å². The van der Waals surface area contributed by atoms with Gasteiger partial charge in [-0.3, -0.25) is 4.79 Å². The van der Waals surface area contributed by atoms with Crippen LogP contribution in [0.1, 0.15) is 37.7 Å². The second-order valence-electron chi connectivity index (χ2n) is 9.62. The third-order valence-electron chi connectivity index (χ3n) is 7.09. The molecule has 1 amide bonds. The molecule has 1 aromatic heterocycles. The van der Waals surface area contributed by atoms with Crippen LogP contribution in [-0.2, 0) is 21.4 Å². The highest BCUT2D eigenvalue weighted by Crippen LogP contribution is 2.27. The Morgan fingerprint density at radius 3 is 2.53 bits per heavy atom. The van der Waals surface area contributed by atoms with E-state index in [9.17, 15) is 13.2 Å². The number of benzene rings is 2. The van der Waals surface area contributed by atoms with Gasteiger partial charge < -0.3 is 10.2 Å². The average Bonchev–Trinajstić information content (AvgIpc) is 2.92. The van der Waals surface area contributed by atoms with E-state index in [4.69, 9.17) is 16.6 Å². The Bertz CT molecular complexity index is 1340. The fourth-order valence-corrected chi connectivity index (χ4v) is 6.70. The molecule has 1 N–H and O–H groups in total. The van der Waals surface area contributed by atoms with E-state index in [1.165, 1.54) is 0 Å². The highest BCUT2D eigenvalue weighted by atomic mass is 35.5. The Labute approximate surface area is 217 Å². The summed E-state index contributed by atoms with van der Waals surface area (Å²) in [5, 5.41) is 4.52. The molecule has 0 aliphatic carbocycles. The number of carbonyl (C=O) groups excluding carboxylic acids is 1. The van der Waals surface area contributed by atoms with Gasteiger partial charge in [0.05, 0.1) is 16.3 Å². The topological polar surface area (TPSA) is 82.6 Å². The third kappa shape index (κ3) is 5.51. The maximum atomic E-state index is 13.1. The number of sulfonamides is 1. The Morgan fingerprint density at radius 2 is 1.75 bits per heavy atom. The molecule has 0 saturated carbocycles. The van der Waals surface area contributed by atoms with Gasteiger partial charge in [-0.15, -0.1) is 0 Å². The van der Waals surface area contributed by atoms with Crippen LogP contribution >= 0.6 is 11.6 Å². The number of rotatable bonds is 6. The van der Waals surface area contributed by atoms with Gasteiger partial charge in [-0.25, -0.2) is 13.4 Å². The lowest BCUT2D eigenvalue weighted by Crippen LogP contribution is -2.43. The maximum absolute atomic E-state index is 13.1. The van der Waals surface area contributed by atoms with Crippen LogP contribution in [-0.4, -0.2) is 49.8 Å². The number of nitrogens with zero attached hydrogens (tertiary/aromatic N) is 3. The summed E-state index contributed by atoms with van der Waals surface area (Å²) in [6.45, 7) is 3.08. The molecule has 2 aliphatic rings. The van der Waals surface area contributed by atoms with E-state index in [-0.39, 0.29) is 11.8 Å². The second kappa shape index (κ2) is 10.7.